The Hall–Kier alpha value is -1.81. The standard InChI is InChI=1S/C11H14O3.C8H14O.O4S/c1-11(2,3)14-13-10(12)9-7-5-4-6-8-9;1-7(9)8-5-3-2-4-6-8;1-5(2)3-4-5/h4-8H,1-3H3;8H,2-6H2,1H3;. The summed E-state index contributed by atoms with van der Waals surface area (Å²) in [6.45, 7) is 7.15. The van der Waals surface area contributed by atoms with Crippen molar-refractivity contribution in [2.45, 2.75) is 65.4 Å². The maximum absolute atomic E-state index is 11.3. The molecule has 0 amide bonds. The molecule has 2 fully saturated rings. The molecule has 0 atom stereocenters. The molecule has 0 radical (unpaired) electrons. The zero-order chi connectivity index (χ0) is 21.2. The fourth-order valence-corrected chi connectivity index (χ4v) is 2.50. The summed E-state index contributed by atoms with van der Waals surface area (Å²) in [5.41, 5.74) is 0.00140. The lowest BCUT2D eigenvalue weighted by Crippen LogP contribution is -2.21. The van der Waals surface area contributed by atoms with Gasteiger partial charge in [-0.1, -0.05) is 46.1 Å². The molecule has 1 aromatic rings. The van der Waals surface area contributed by atoms with Crippen molar-refractivity contribution in [3.05, 3.63) is 35.9 Å². The van der Waals surface area contributed by atoms with Crippen LogP contribution in [-0.4, -0.2) is 25.8 Å². The Labute approximate surface area is 166 Å². The summed E-state index contributed by atoms with van der Waals surface area (Å²) >= 11 is 0. The zero-order valence-electron chi connectivity index (χ0n) is 16.7. The van der Waals surface area contributed by atoms with Crippen molar-refractivity contribution in [1.29, 1.82) is 0 Å². The lowest BCUT2D eigenvalue weighted by molar-refractivity contribution is -0.301. The monoisotopic (exact) mass is 416 g/mol. The maximum atomic E-state index is 11.3. The second kappa shape index (κ2) is 11.3. The molecule has 0 spiro atoms. The summed E-state index contributed by atoms with van der Waals surface area (Å²) in [6, 6.07) is 8.73. The first-order valence-electron chi connectivity index (χ1n) is 9.08. The smallest absolute Gasteiger partial charge is 0.300 e. The van der Waals surface area contributed by atoms with Crippen LogP contribution in [-0.2, 0) is 33.6 Å². The van der Waals surface area contributed by atoms with Gasteiger partial charge in [-0.05, 0) is 52.7 Å². The summed E-state index contributed by atoms with van der Waals surface area (Å²) in [6.07, 6.45) is 6.17. The van der Waals surface area contributed by atoms with Crippen molar-refractivity contribution >= 4 is 22.2 Å². The van der Waals surface area contributed by atoms with E-state index in [4.69, 9.17) is 4.89 Å². The molecule has 158 valence electrons. The molecule has 1 aliphatic carbocycles. The predicted octanol–water partition coefficient (Wildman–Crippen LogP) is 3.92. The predicted molar refractivity (Wildman–Crippen MR) is 101 cm³/mol. The first kappa shape index (κ1) is 24.2. The minimum absolute atomic E-state index is 0.398. The Morgan fingerprint density at radius 3 is 1.86 bits per heavy atom. The van der Waals surface area contributed by atoms with Crippen LogP contribution >= 0.6 is 0 Å². The van der Waals surface area contributed by atoms with Crippen LogP contribution in [0.1, 0.15) is 70.2 Å². The molecular formula is C19H28O8S. The van der Waals surface area contributed by atoms with Crippen LogP contribution in [0.5, 0.6) is 0 Å². The molecule has 1 saturated carbocycles. The van der Waals surface area contributed by atoms with Crippen molar-refractivity contribution in [3.8, 4) is 0 Å². The Morgan fingerprint density at radius 2 is 1.50 bits per heavy atom. The third-order valence-electron chi connectivity index (χ3n) is 3.74. The van der Waals surface area contributed by atoms with Crippen LogP contribution in [0.25, 0.3) is 0 Å². The van der Waals surface area contributed by atoms with E-state index in [9.17, 15) is 18.0 Å². The first-order valence-corrected chi connectivity index (χ1v) is 10.4. The molecule has 0 unspecified atom stereocenters. The van der Waals surface area contributed by atoms with Gasteiger partial charge in [-0.25, -0.2) is 4.79 Å². The van der Waals surface area contributed by atoms with Gasteiger partial charge in [-0.15, -0.1) is 0 Å². The van der Waals surface area contributed by atoms with Gasteiger partial charge in [0.1, 0.15) is 11.4 Å². The Balaban J connectivity index is 0.000000237. The molecule has 1 saturated heterocycles. The molecule has 0 bridgehead atoms. The number of hydrogen-bond acceptors (Lipinski definition) is 8. The van der Waals surface area contributed by atoms with E-state index in [1.807, 2.05) is 26.8 Å². The molecule has 0 aromatic heterocycles. The zero-order valence-corrected chi connectivity index (χ0v) is 17.5. The van der Waals surface area contributed by atoms with E-state index >= 15 is 0 Å². The SMILES string of the molecule is CC(=O)C1CCCCC1.CC(C)(C)OOC(=O)c1ccccc1.O=S1(=O)OO1. The molecule has 28 heavy (non-hydrogen) atoms. The lowest BCUT2D eigenvalue weighted by Gasteiger charge is -2.17. The third-order valence-corrected chi connectivity index (χ3v) is 4.09. The number of ketones is 1. The summed E-state index contributed by atoms with van der Waals surface area (Å²) in [5.74, 6) is 0.342. The number of benzene rings is 1. The highest BCUT2D eigenvalue weighted by Crippen LogP contribution is 2.23. The van der Waals surface area contributed by atoms with Crippen LogP contribution in [0.3, 0.4) is 0 Å². The Morgan fingerprint density at radius 1 is 1.00 bits per heavy atom. The van der Waals surface area contributed by atoms with Crippen molar-refractivity contribution in [2.75, 3.05) is 0 Å². The van der Waals surface area contributed by atoms with Crippen LogP contribution in [0.15, 0.2) is 30.3 Å². The van der Waals surface area contributed by atoms with E-state index in [0.717, 1.165) is 12.8 Å². The summed E-state index contributed by atoms with van der Waals surface area (Å²) in [4.78, 5) is 31.7. The molecule has 0 N–H and O–H groups in total. The van der Waals surface area contributed by atoms with Crippen molar-refractivity contribution < 1.29 is 36.4 Å². The van der Waals surface area contributed by atoms with Gasteiger partial charge in [0.15, 0.2) is 0 Å². The maximum Gasteiger partial charge on any atom is 0.455 e. The highest BCUT2D eigenvalue weighted by atomic mass is 32.3. The molecule has 1 aliphatic heterocycles. The van der Waals surface area contributed by atoms with Gasteiger partial charge in [0.2, 0.25) is 0 Å². The van der Waals surface area contributed by atoms with Crippen molar-refractivity contribution in [1.82, 2.24) is 0 Å². The third kappa shape index (κ3) is 11.8. The quantitative estimate of drug-likeness (QED) is 0.414. The van der Waals surface area contributed by atoms with Gasteiger partial charge in [0.05, 0.1) is 5.56 Å². The number of rotatable bonds is 3. The van der Waals surface area contributed by atoms with E-state index in [1.54, 1.807) is 31.2 Å². The molecule has 1 aromatic carbocycles. The minimum Gasteiger partial charge on any atom is -0.300 e. The fraction of sp³-hybridized carbons (Fsp3) is 0.579. The molecular weight excluding hydrogens is 388 g/mol. The van der Waals surface area contributed by atoms with Crippen molar-refractivity contribution in [3.63, 3.8) is 0 Å². The Kier molecular flexibility index (Phi) is 9.74. The normalized spacial score (nSPS) is 17.9. The van der Waals surface area contributed by atoms with Gasteiger partial charge < -0.3 is 0 Å². The van der Waals surface area contributed by atoms with Gasteiger partial charge >= 0.3 is 16.4 Å². The van der Waals surface area contributed by atoms with E-state index < -0.39 is 22.0 Å². The number of carbonyl (C=O) groups excluding carboxylic acids is 2. The summed E-state index contributed by atoms with van der Waals surface area (Å²) in [7, 11) is -3.42. The highest BCUT2D eigenvalue weighted by Gasteiger charge is 2.31. The van der Waals surface area contributed by atoms with Gasteiger partial charge in [0, 0.05) is 5.92 Å². The van der Waals surface area contributed by atoms with Gasteiger partial charge in [-0.2, -0.15) is 13.3 Å². The fourth-order valence-electron chi connectivity index (χ4n) is 2.32. The van der Waals surface area contributed by atoms with E-state index in [-0.39, 0.29) is 0 Å². The second-order valence-corrected chi connectivity index (χ2v) is 8.51. The highest BCUT2D eigenvalue weighted by molar-refractivity contribution is 7.85. The molecule has 3 rings (SSSR count). The first-order chi connectivity index (χ1) is 13.0. The topological polar surface area (TPSA) is 112 Å². The van der Waals surface area contributed by atoms with Crippen LogP contribution < -0.4 is 0 Å². The van der Waals surface area contributed by atoms with Gasteiger partial charge in [-0.3, -0.25) is 9.68 Å². The lowest BCUT2D eigenvalue weighted by atomic mass is 9.87. The van der Waals surface area contributed by atoms with E-state index in [0.29, 0.717) is 17.3 Å². The number of hydrogen-bond donors (Lipinski definition) is 0. The van der Waals surface area contributed by atoms with Gasteiger partial charge in [0.25, 0.3) is 0 Å². The molecule has 9 heteroatoms. The summed E-state index contributed by atoms with van der Waals surface area (Å²) < 4.78 is 25.3. The molecule has 2 aliphatic rings. The minimum atomic E-state index is -3.42. The average molecular weight is 416 g/mol. The van der Waals surface area contributed by atoms with Crippen LogP contribution in [0.2, 0.25) is 0 Å². The van der Waals surface area contributed by atoms with E-state index in [1.165, 1.54) is 19.3 Å². The second-order valence-electron chi connectivity index (χ2n) is 7.42. The molecule has 1 heterocycles. The number of Topliss-reactive ketones (excluding diaryl/α,β-unsaturated/α-hetero) is 1. The summed E-state index contributed by atoms with van der Waals surface area (Å²) in [5, 5.41) is 0. The van der Waals surface area contributed by atoms with Crippen molar-refractivity contribution in [2.24, 2.45) is 5.92 Å². The largest absolute Gasteiger partial charge is 0.455 e. The van der Waals surface area contributed by atoms with E-state index in [2.05, 4.69) is 13.6 Å². The molecule has 8 nitrogen and oxygen atoms in total. The average Bonchev–Trinajstić information content (AvgIpc) is 3.36. The van der Waals surface area contributed by atoms with Crippen LogP contribution in [0, 0.1) is 5.92 Å². The Bertz CT molecular complexity index is 706. The van der Waals surface area contributed by atoms with Crippen LogP contribution in [0.4, 0.5) is 0 Å². The number of carbonyl (C=O) groups is 2.